The molecule has 1 aliphatic rings. The van der Waals surface area contributed by atoms with Crippen LogP contribution in [-0.4, -0.2) is 45.4 Å². The van der Waals surface area contributed by atoms with Gasteiger partial charge in [-0.05, 0) is 43.4 Å². The van der Waals surface area contributed by atoms with Crippen LogP contribution in [0.15, 0.2) is 23.1 Å². The number of carbonyl (C=O) groups is 1. The summed E-state index contributed by atoms with van der Waals surface area (Å²) in [5.74, 6) is 0.539. The minimum Gasteiger partial charge on any atom is -0.496 e. The Labute approximate surface area is 144 Å². The van der Waals surface area contributed by atoms with Gasteiger partial charge in [-0.15, -0.1) is 0 Å². The number of amides is 1. The molecule has 1 aliphatic heterocycles. The second-order valence-electron chi connectivity index (χ2n) is 6.41. The smallest absolute Gasteiger partial charge is 0.255 e. The molecule has 0 unspecified atom stereocenters. The van der Waals surface area contributed by atoms with Gasteiger partial charge in [0.15, 0.2) is 0 Å². The molecule has 0 bridgehead atoms. The van der Waals surface area contributed by atoms with Crippen LogP contribution in [0.3, 0.4) is 0 Å². The van der Waals surface area contributed by atoms with Gasteiger partial charge in [0.2, 0.25) is 10.0 Å². The molecule has 1 N–H and O–H groups in total. The molecule has 6 nitrogen and oxygen atoms in total. The normalized spacial score (nSPS) is 15.7. The van der Waals surface area contributed by atoms with Crippen LogP contribution in [0, 0.1) is 5.92 Å². The molecule has 134 valence electrons. The quantitative estimate of drug-likeness (QED) is 0.815. The van der Waals surface area contributed by atoms with Crippen molar-refractivity contribution >= 4 is 15.9 Å². The largest absolute Gasteiger partial charge is 0.496 e. The second kappa shape index (κ2) is 7.98. The molecular weight excluding hydrogens is 328 g/mol. The van der Waals surface area contributed by atoms with E-state index in [1.807, 2.05) is 0 Å². The summed E-state index contributed by atoms with van der Waals surface area (Å²) in [6.45, 7) is 5.77. The maximum atomic E-state index is 12.7. The number of hydrogen-bond donors (Lipinski definition) is 1. The predicted octanol–water partition coefficient (Wildman–Crippen LogP) is 2.26. The van der Waals surface area contributed by atoms with Crippen LogP contribution < -0.4 is 10.1 Å². The van der Waals surface area contributed by atoms with E-state index >= 15 is 0 Å². The first-order chi connectivity index (χ1) is 11.4. The highest BCUT2D eigenvalue weighted by molar-refractivity contribution is 7.89. The third-order valence-electron chi connectivity index (χ3n) is 4.13. The van der Waals surface area contributed by atoms with E-state index in [-0.39, 0.29) is 16.4 Å². The van der Waals surface area contributed by atoms with Gasteiger partial charge in [-0.3, -0.25) is 4.79 Å². The topological polar surface area (TPSA) is 75.7 Å². The zero-order chi connectivity index (χ0) is 17.7. The fourth-order valence-electron chi connectivity index (χ4n) is 2.67. The van der Waals surface area contributed by atoms with Crippen LogP contribution in [0.5, 0.6) is 5.75 Å². The Balaban J connectivity index is 2.25. The van der Waals surface area contributed by atoms with Crippen molar-refractivity contribution < 1.29 is 17.9 Å². The van der Waals surface area contributed by atoms with E-state index in [2.05, 4.69) is 19.2 Å². The Morgan fingerprint density at radius 1 is 1.29 bits per heavy atom. The average molecular weight is 354 g/mol. The lowest BCUT2D eigenvalue weighted by Gasteiger charge is -2.17. The fourth-order valence-corrected chi connectivity index (χ4v) is 4.22. The number of nitrogens with one attached hydrogen (secondary N) is 1. The maximum absolute atomic E-state index is 12.7. The van der Waals surface area contributed by atoms with Gasteiger partial charge in [-0.2, -0.15) is 4.31 Å². The maximum Gasteiger partial charge on any atom is 0.255 e. The molecule has 1 amide bonds. The van der Waals surface area contributed by atoms with Gasteiger partial charge in [-0.1, -0.05) is 13.8 Å². The van der Waals surface area contributed by atoms with Gasteiger partial charge in [-0.25, -0.2) is 8.42 Å². The van der Waals surface area contributed by atoms with E-state index < -0.39 is 10.0 Å². The first kappa shape index (κ1) is 18.7. The summed E-state index contributed by atoms with van der Waals surface area (Å²) in [5.41, 5.74) is 0.251. The number of ether oxygens (including phenoxy) is 1. The van der Waals surface area contributed by atoms with Crippen molar-refractivity contribution in [2.75, 3.05) is 26.7 Å². The molecule has 1 aromatic rings. The molecule has 1 fully saturated rings. The zero-order valence-corrected chi connectivity index (χ0v) is 15.4. The number of sulfonamides is 1. The van der Waals surface area contributed by atoms with E-state index in [4.69, 9.17) is 4.74 Å². The first-order valence-electron chi connectivity index (χ1n) is 8.32. The number of hydrogen-bond acceptors (Lipinski definition) is 4. The SMILES string of the molecule is COc1ccc(S(=O)(=O)N2CCCC2)cc1C(=O)NCCC(C)C. The van der Waals surface area contributed by atoms with E-state index in [0.29, 0.717) is 31.3 Å². The summed E-state index contributed by atoms with van der Waals surface area (Å²) in [5, 5.41) is 2.83. The third-order valence-corrected chi connectivity index (χ3v) is 6.02. The number of nitrogens with zero attached hydrogens (tertiary/aromatic N) is 1. The van der Waals surface area contributed by atoms with Crippen molar-refractivity contribution in [3.05, 3.63) is 23.8 Å². The molecule has 0 radical (unpaired) electrons. The van der Waals surface area contributed by atoms with E-state index in [9.17, 15) is 13.2 Å². The van der Waals surface area contributed by atoms with Crippen LogP contribution in [-0.2, 0) is 10.0 Å². The lowest BCUT2D eigenvalue weighted by molar-refractivity contribution is 0.0948. The van der Waals surface area contributed by atoms with Crippen LogP contribution in [0.1, 0.15) is 43.5 Å². The van der Waals surface area contributed by atoms with Crippen molar-refractivity contribution in [1.29, 1.82) is 0 Å². The van der Waals surface area contributed by atoms with E-state index in [0.717, 1.165) is 19.3 Å². The fraction of sp³-hybridized carbons (Fsp3) is 0.588. The molecule has 1 heterocycles. The highest BCUT2D eigenvalue weighted by Gasteiger charge is 2.28. The van der Waals surface area contributed by atoms with Crippen LogP contribution in [0.2, 0.25) is 0 Å². The molecule has 0 aliphatic carbocycles. The van der Waals surface area contributed by atoms with Gasteiger partial charge in [0.25, 0.3) is 5.91 Å². The molecule has 1 aromatic carbocycles. The summed E-state index contributed by atoms with van der Waals surface area (Å²) in [4.78, 5) is 12.5. The monoisotopic (exact) mass is 354 g/mol. The molecule has 0 spiro atoms. The Kier molecular flexibility index (Phi) is 6.23. The van der Waals surface area contributed by atoms with E-state index in [1.165, 1.54) is 23.5 Å². The van der Waals surface area contributed by atoms with Gasteiger partial charge in [0.05, 0.1) is 17.6 Å². The first-order valence-corrected chi connectivity index (χ1v) is 9.76. The number of methoxy groups -OCH3 is 1. The van der Waals surface area contributed by atoms with Gasteiger partial charge in [0.1, 0.15) is 5.75 Å². The summed E-state index contributed by atoms with van der Waals surface area (Å²) in [6, 6.07) is 4.45. The minimum atomic E-state index is -3.56. The highest BCUT2D eigenvalue weighted by Crippen LogP contribution is 2.26. The van der Waals surface area contributed by atoms with Gasteiger partial charge in [0, 0.05) is 19.6 Å². The Morgan fingerprint density at radius 2 is 1.96 bits per heavy atom. The van der Waals surface area contributed by atoms with Gasteiger partial charge < -0.3 is 10.1 Å². The summed E-state index contributed by atoms with van der Waals surface area (Å²) in [6.07, 6.45) is 2.61. The number of carbonyl (C=O) groups excluding carboxylic acids is 1. The van der Waals surface area contributed by atoms with Crippen molar-refractivity contribution in [1.82, 2.24) is 9.62 Å². The zero-order valence-electron chi connectivity index (χ0n) is 14.5. The average Bonchev–Trinajstić information content (AvgIpc) is 3.09. The molecule has 7 heteroatoms. The summed E-state index contributed by atoms with van der Waals surface area (Å²) >= 11 is 0. The standard InChI is InChI=1S/C17H26N2O4S/c1-13(2)8-9-18-17(20)15-12-14(6-7-16(15)23-3)24(21,22)19-10-4-5-11-19/h6-7,12-13H,4-5,8-11H2,1-3H3,(H,18,20). The molecule has 2 rings (SSSR count). The molecule has 24 heavy (non-hydrogen) atoms. The van der Waals surface area contributed by atoms with Crippen molar-refractivity contribution in [3.63, 3.8) is 0 Å². The van der Waals surface area contributed by atoms with Crippen molar-refractivity contribution in [2.24, 2.45) is 5.92 Å². The number of benzene rings is 1. The highest BCUT2D eigenvalue weighted by atomic mass is 32.2. The van der Waals surface area contributed by atoms with Crippen LogP contribution >= 0.6 is 0 Å². The Hall–Kier alpha value is -1.60. The molecule has 0 aromatic heterocycles. The van der Waals surface area contributed by atoms with Crippen LogP contribution in [0.4, 0.5) is 0 Å². The predicted molar refractivity (Wildman–Crippen MR) is 92.8 cm³/mol. The van der Waals surface area contributed by atoms with Gasteiger partial charge >= 0.3 is 0 Å². The molecule has 1 saturated heterocycles. The lowest BCUT2D eigenvalue weighted by Crippen LogP contribution is -2.29. The minimum absolute atomic E-state index is 0.138. The second-order valence-corrected chi connectivity index (χ2v) is 8.35. The molecular formula is C17H26N2O4S. The van der Waals surface area contributed by atoms with E-state index in [1.54, 1.807) is 6.07 Å². The summed E-state index contributed by atoms with van der Waals surface area (Å²) in [7, 11) is -2.09. The van der Waals surface area contributed by atoms with Crippen molar-refractivity contribution in [2.45, 2.75) is 38.0 Å². The molecule has 0 saturated carbocycles. The Bertz CT molecular complexity index is 680. The number of rotatable bonds is 7. The third kappa shape index (κ3) is 4.27. The molecule has 0 atom stereocenters. The van der Waals surface area contributed by atoms with Crippen LogP contribution in [0.25, 0.3) is 0 Å². The van der Waals surface area contributed by atoms with Crippen molar-refractivity contribution in [3.8, 4) is 5.75 Å². The lowest BCUT2D eigenvalue weighted by atomic mass is 10.1. The Morgan fingerprint density at radius 3 is 2.54 bits per heavy atom. The summed E-state index contributed by atoms with van der Waals surface area (Å²) < 4.78 is 32.0.